The summed E-state index contributed by atoms with van der Waals surface area (Å²) in [5.41, 5.74) is 1.64. The van der Waals surface area contributed by atoms with Gasteiger partial charge in [0, 0.05) is 0 Å². The zero-order chi connectivity index (χ0) is 15.0. The van der Waals surface area contributed by atoms with Crippen LogP contribution in [0.4, 0.5) is 0 Å². The van der Waals surface area contributed by atoms with Gasteiger partial charge in [0.2, 0.25) is 0 Å². The van der Waals surface area contributed by atoms with Gasteiger partial charge in [-0.1, -0.05) is 39.3 Å². The number of hydrogen-bond acceptors (Lipinski definition) is 3. The Hall–Kier alpha value is -1.51. The summed E-state index contributed by atoms with van der Waals surface area (Å²) < 4.78 is 11.0. The molecule has 0 spiro atoms. The van der Waals surface area contributed by atoms with Gasteiger partial charge in [0.1, 0.15) is 11.3 Å². The van der Waals surface area contributed by atoms with Crippen molar-refractivity contribution in [3.05, 3.63) is 29.3 Å². The number of carbonyl (C=O) groups is 1. The van der Waals surface area contributed by atoms with Gasteiger partial charge in [-0.05, 0) is 37.3 Å². The van der Waals surface area contributed by atoms with E-state index in [1.807, 2.05) is 19.1 Å². The van der Waals surface area contributed by atoms with Gasteiger partial charge in [-0.3, -0.25) is 0 Å². The highest BCUT2D eigenvalue weighted by Crippen LogP contribution is 2.27. The van der Waals surface area contributed by atoms with Crippen LogP contribution in [0.2, 0.25) is 0 Å². The molecule has 0 saturated carbocycles. The largest absolute Gasteiger partial charge is 0.492 e. The molecule has 3 heteroatoms. The van der Waals surface area contributed by atoms with Gasteiger partial charge in [0.15, 0.2) is 0 Å². The van der Waals surface area contributed by atoms with Crippen molar-refractivity contribution in [2.24, 2.45) is 5.92 Å². The lowest BCUT2D eigenvalue weighted by Gasteiger charge is -2.16. The summed E-state index contributed by atoms with van der Waals surface area (Å²) in [6, 6.07) is 5.72. The first-order valence-electron chi connectivity index (χ1n) is 7.51. The van der Waals surface area contributed by atoms with E-state index in [0.29, 0.717) is 30.4 Å². The number of esters is 1. The second-order valence-corrected chi connectivity index (χ2v) is 5.32. The molecule has 1 rings (SSSR count). The summed E-state index contributed by atoms with van der Waals surface area (Å²) >= 11 is 0. The molecule has 20 heavy (non-hydrogen) atoms. The van der Waals surface area contributed by atoms with Crippen molar-refractivity contribution in [1.29, 1.82) is 0 Å². The Morgan fingerprint density at radius 2 is 2.00 bits per heavy atom. The zero-order valence-electron chi connectivity index (χ0n) is 13.1. The second-order valence-electron chi connectivity index (χ2n) is 5.32. The molecular weight excluding hydrogens is 252 g/mol. The van der Waals surface area contributed by atoms with E-state index in [0.717, 1.165) is 24.8 Å². The number of unbranched alkanes of at least 4 members (excludes halogenated alkanes) is 1. The van der Waals surface area contributed by atoms with Gasteiger partial charge in [-0.15, -0.1) is 0 Å². The van der Waals surface area contributed by atoms with Crippen LogP contribution in [-0.4, -0.2) is 19.2 Å². The molecule has 0 fully saturated rings. The fraction of sp³-hybridized carbons (Fsp3) is 0.588. The third-order valence-electron chi connectivity index (χ3n) is 2.95. The maximum Gasteiger partial charge on any atom is 0.341 e. The Bertz CT molecular complexity index is 424. The molecule has 0 aliphatic heterocycles. The van der Waals surface area contributed by atoms with E-state index in [2.05, 4.69) is 20.8 Å². The SMILES string of the molecule is CCCCc1cccc(C(=O)OCC)c1OCC(C)C. The van der Waals surface area contributed by atoms with Crippen molar-refractivity contribution >= 4 is 5.97 Å². The van der Waals surface area contributed by atoms with E-state index < -0.39 is 0 Å². The van der Waals surface area contributed by atoms with Crippen LogP contribution in [0.25, 0.3) is 0 Å². The van der Waals surface area contributed by atoms with Crippen LogP contribution in [0.1, 0.15) is 56.5 Å². The van der Waals surface area contributed by atoms with Gasteiger partial charge in [0.25, 0.3) is 0 Å². The minimum Gasteiger partial charge on any atom is -0.492 e. The molecule has 0 aliphatic rings. The minimum absolute atomic E-state index is 0.301. The molecule has 0 saturated heterocycles. The lowest BCUT2D eigenvalue weighted by molar-refractivity contribution is 0.0520. The fourth-order valence-corrected chi connectivity index (χ4v) is 1.94. The Balaban J connectivity index is 3.03. The molecule has 0 bridgehead atoms. The highest BCUT2D eigenvalue weighted by molar-refractivity contribution is 5.93. The van der Waals surface area contributed by atoms with Crippen LogP contribution in [0.3, 0.4) is 0 Å². The van der Waals surface area contributed by atoms with Gasteiger partial charge in [0.05, 0.1) is 13.2 Å². The molecule has 0 heterocycles. The highest BCUT2D eigenvalue weighted by Gasteiger charge is 2.17. The number of hydrogen-bond donors (Lipinski definition) is 0. The predicted molar refractivity (Wildman–Crippen MR) is 81.3 cm³/mol. The fourth-order valence-electron chi connectivity index (χ4n) is 1.94. The number of para-hydroxylation sites is 1. The lowest BCUT2D eigenvalue weighted by atomic mass is 10.0. The standard InChI is InChI=1S/C17H26O3/c1-5-7-9-14-10-8-11-15(17(18)19-6-2)16(14)20-12-13(3)4/h8,10-11,13H,5-7,9,12H2,1-4H3. The first-order chi connectivity index (χ1) is 9.60. The molecule has 112 valence electrons. The third kappa shape index (κ3) is 4.87. The van der Waals surface area contributed by atoms with Gasteiger partial charge in [-0.2, -0.15) is 0 Å². The molecule has 0 atom stereocenters. The summed E-state index contributed by atoms with van der Waals surface area (Å²) in [6.07, 6.45) is 3.13. The average molecular weight is 278 g/mol. The van der Waals surface area contributed by atoms with Crippen molar-refractivity contribution in [1.82, 2.24) is 0 Å². The molecule has 0 aliphatic carbocycles. The van der Waals surface area contributed by atoms with E-state index in [4.69, 9.17) is 9.47 Å². The smallest absolute Gasteiger partial charge is 0.341 e. The van der Waals surface area contributed by atoms with Crippen molar-refractivity contribution in [3.8, 4) is 5.75 Å². The van der Waals surface area contributed by atoms with Crippen molar-refractivity contribution in [2.75, 3.05) is 13.2 Å². The van der Waals surface area contributed by atoms with Crippen molar-refractivity contribution in [3.63, 3.8) is 0 Å². The van der Waals surface area contributed by atoms with E-state index in [-0.39, 0.29) is 5.97 Å². The Morgan fingerprint density at radius 1 is 1.25 bits per heavy atom. The summed E-state index contributed by atoms with van der Waals surface area (Å²) in [4.78, 5) is 12.0. The van der Waals surface area contributed by atoms with Crippen LogP contribution >= 0.6 is 0 Å². The number of rotatable bonds is 8. The molecule has 1 aromatic rings. The number of benzene rings is 1. The van der Waals surface area contributed by atoms with Gasteiger partial charge >= 0.3 is 5.97 Å². The van der Waals surface area contributed by atoms with E-state index >= 15 is 0 Å². The summed E-state index contributed by atoms with van der Waals surface area (Å²) in [6.45, 7) is 9.14. The van der Waals surface area contributed by atoms with Crippen LogP contribution in [0, 0.1) is 5.92 Å². The lowest BCUT2D eigenvalue weighted by Crippen LogP contribution is -2.12. The van der Waals surface area contributed by atoms with Crippen molar-refractivity contribution in [2.45, 2.75) is 47.0 Å². The molecule has 0 aromatic heterocycles. The molecule has 1 aromatic carbocycles. The summed E-state index contributed by atoms with van der Waals surface area (Å²) in [7, 11) is 0. The third-order valence-corrected chi connectivity index (χ3v) is 2.95. The van der Waals surface area contributed by atoms with Crippen LogP contribution < -0.4 is 4.74 Å². The number of carbonyl (C=O) groups excluding carboxylic acids is 1. The van der Waals surface area contributed by atoms with Gasteiger partial charge in [-0.25, -0.2) is 4.79 Å². The molecule has 0 radical (unpaired) electrons. The number of ether oxygens (including phenoxy) is 2. The topological polar surface area (TPSA) is 35.5 Å². The first-order valence-corrected chi connectivity index (χ1v) is 7.51. The number of aryl methyl sites for hydroxylation is 1. The summed E-state index contributed by atoms with van der Waals surface area (Å²) in [5.74, 6) is 0.821. The highest BCUT2D eigenvalue weighted by atomic mass is 16.5. The normalized spacial score (nSPS) is 10.7. The molecular formula is C17H26O3. The first kappa shape index (κ1) is 16.5. The Kier molecular flexibility index (Phi) is 7.13. The average Bonchev–Trinajstić information content (AvgIpc) is 2.43. The molecule has 0 unspecified atom stereocenters. The molecule has 0 N–H and O–H groups in total. The van der Waals surface area contributed by atoms with Crippen LogP contribution in [0.5, 0.6) is 5.75 Å². The Labute approximate surface area is 122 Å². The maximum atomic E-state index is 12.0. The van der Waals surface area contributed by atoms with Crippen LogP contribution in [-0.2, 0) is 11.2 Å². The van der Waals surface area contributed by atoms with E-state index in [1.165, 1.54) is 0 Å². The minimum atomic E-state index is -0.301. The van der Waals surface area contributed by atoms with E-state index in [9.17, 15) is 4.79 Å². The van der Waals surface area contributed by atoms with Gasteiger partial charge < -0.3 is 9.47 Å². The quantitative estimate of drug-likeness (QED) is 0.667. The van der Waals surface area contributed by atoms with Crippen molar-refractivity contribution < 1.29 is 14.3 Å². The van der Waals surface area contributed by atoms with Crippen LogP contribution in [0.15, 0.2) is 18.2 Å². The Morgan fingerprint density at radius 3 is 2.60 bits per heavy atom. The maximum absolute atomic E-state index is 12.0. The van der Waals surface area contributed by atoms with E-state index in [1.54, 1.807) is 6.07 Å². The second kappa shape index (κ2) is 8.62. The molecule has 3 nitrogen and oxygen atoms in total. The summed E-state index contributed by atoms with van der Waals surface area (Å²) in [5, 5.41) is 0. The molecule has 0 amide bonds. The zero-order valence-corrected chi connectivity index (χ0v) is 13.1. The predicted octanol–water partition coefficient (Wildman–Crippen LogP) is 4.24. The monoisotopic (exact) mass is 278 g/mol.